The standard InChI is InChI=1S/C13H21N3/c1-3-12-5-4-8-16(12)13-11(9-14)7-6-10(2)15-13/h6-7,12H,3-5,8-9,14H2,1-2H3. The zero-order chi connectivity index (χ0) is 11.5. The SMILES string of the molecule is CCC1CCCN1c1nc(C)ccc1CN. The minimum atomic E-state index is 0.579. The second-order valence-electron chi connectivity index (χ2n) is 4.54. The maximum absolute atomic E-state index is 5.79. The minimum Gasteiger partial charge on any atom is -0.353 e. The van der Waals surface area contributed by atoms with Gasteiger partial charge in [-0.2, -0.15) is 0 Å². The Bertz CT molecular complexity index is 362. The van der Waals surface area contributed by atoms with Crippen LogP contribution in [0.2, 0.25) is 0 Å². The summed E-state index contributed by atoms with van der Waals surface area (Å²) in [5.41, 5.74) is 8.04. The number of rotatable bonds is 3. The van der Waals surface area contributed by atoms with E-state index in [2.05, 4.69) is 22.9 Å². The topological polar surface area (TPSA) is 42.2 Å². The van der Waals surface area contributed by atoms with E-state index >= 15 is 0 Å². The highest BCUT2D eigenvalue weighted by molar-refractivity contribution is 5.49. The lowest BCUT2D eigenvalue weighted by atomic mass is 10.1. The summed E-state index contributed by atoms with van der Waals surface area (Å²) in [6.07, 6.45) is 3.76. The Hall–Kier alpha value is -1.09. The molecule has 1 atom stereocenters. The minimum absolute atomic E-state index is 0.579. The van der Waals surface area contributed by atoms with Crippen molar-refractivity contribution in [1.29, 1.82) is 0 Å². The second-order valence-corrected chi connectivity index (χ2v) is 4.54. The van der Waals surface area contributed by atoms with Crippen molar-refractivity contribution in [3.8, 4) is 0 Å². The van der Waals surface area contributed by atoms with Crippen LogP contribution in [0.25, 0.3) is 0 Å². The molecule has 0 amide bonds. The average Bonchev–Trinajstić information content (AvgIpc) is 2.76. The summed E-state index contributed by atoms with van der Waals surface area (Å²) >= 11 is 0. The molecule has 1 unspecified atom stereocenters. The summed E-state index contributed by atoms with van der Waals surface area (Å²) in [7, 11) is 0. The molecule has 0 aliphatic carbocycles. The van der Waals surface area contributed by atoms with Crippen molar-refractivity contribution in [1.82, 2.24) is 4.98 Å². The first-order chi connectivity index (χ1) is 7.76. The number of aromatic nitrogens is 1. The summed E-state index contributed by atoms with van der Waals surface area (Å²) in [5, 5.41) is 0. The summed E-state index contributed by atoms with van der Waals surface area (Å²) in [5.74, 6) is 1.12. The van der Waals surface area contributed by atoms with Gasteiger partial charge in [-0.3, -0.25) is 0 Å². The summed E-state index contributed by atoms with van der Waals surface area (Å²) < 4.78 is 0. The van der Waals surface area contributed by atoms with E-state index in [1.165, 1.54) is 24.8 Å². The van der Waals surface area contributed by atoms with Gasteiger partial charge in [0.1, 0.15) is 5.82 Å². The van der Waals surface area contributed by atoms with Crippen molar-refractivity contribution in [3.05, 3.63) is 23.4 Å². The van der Waals surface area contributed by atoms with Gasteiger partial charge in [0.25, 0.3) is 0 Å². The molecule has 2 N–H and O–H groups in total. The molecule has 1 fully saturated rings. The summed E-state index contributed by atoms with van der Waals surface area (Å²) in [6, 6.07) is 4.81. The predicted molar refractivity (Wildman–Crippen MR) is 67.5 cm³/mol. The van der Waals surface area contributed by atoms with Crippen LogP contribution in [-0.2, 0) is 6.54 Å². The van der Waals surface area contributed by atoms with E-state index in [-0.39, 0.29) is 0 Å². The van der Waals surface area contributed by atoms with Gasteiger partial charge in [0, 0.05) is 30.4 Å². The molecule has 0 saturated carbocycles. The van der Waals surface area contributed by atoms with E-state index in [9.17, 15) is 0 Å². The number of pyridine rings is 1. The van der Waals surface area contributed by atoms with Gasteiger partial charge in [-0.1, -0.05) is 13.0 Å². The van der Waals surface area contributed by atoms with E-state index in [0.717, 1.165) is 18.1 Å². The van der Waals surface area contributed by atoms with Crippen molar-refractivity contribution in [3.63, 3.8) is 0 Å². The van der Waals surface area contributed by atoms with Gasteiger partial charge in [-0.15, -0.1) is 0 Å². The number of aryl methyl sites for hydroxylation is 1. The molecule has 2 heterocycles. The van der Waals surface area contributed by atoms with Gasteiger partial charge in [0.2, 0.25) is 0 Å². The largest absolute Gasteiger partial charge is 0.353 e. The number of hydrogen-bond donors (Lipinski definition) is 1. The zero-order valence-corrected chi connectivity index (χ0v) is 10.2. The molecule has 3 nitrogen and oxygen atoms in total. The van der Waals surface area contributed by atoms with Crippen molar-refractivity contribution in [2.24, 2.45) is 5.73 Å². The molecule has 1 aliphatic rings. The van der Waals surface area contributed by atoms with Crippen molar-refractivity contribution < 1.29 is 0 Å². The molecule has 88 valence electrons. The lowest BCUT2D eigenvalue weighted by Gasteiger charge is -2.27. The molecular formula is C13H21N3. The monoisotopic (exact) mass is 219 g/mol. The van der Waals surface area contributed by atoms with Crippen LogP contribution in [0.3, 0.4) is 0 Å². The van der Waals surface area contributed by atoms with E-state index in [1.54, 1.807) is 0 Å². The number of nitrogens with two attached hydrogens (primary N) is 1. The lowest BCUT2D eigenvalue weighted by Crippen LogP contribution is -2.30. The average molecular weight is 219 g/mol. The van der Waals surface area contributed by atoms with Gasteiger partial charge in [0.15, 0.2) is 0 Å². The quantitative estimate of drug-likeness (QED) is 0.847. The number of nitrogens with zero attached hydrogens (tertiary/aromatic N) is 2. The van der Waals surface area contributed by atoms with Crippen molar-refractivity contribution in [2.45, 2.75) is 45.7 Å². The van der Waals surface area contributed by atoms with Gasteiger partial charge in [-0.05, 0) is 32.3 Å². The van der Waals surface area contributed by atoms with Crippen molar-refractivity contribution in [2.75, 3.05) is 11.4 Å². The van der Waals surface area contributed by atoms with Gasteiger partial charge >= 0.3 is 0 Å². The maximum Gasteiger partial charge on any atom is 0.133 e. The van der Waals surface area contributed by atoms with E-state index in [0.29, 0.717) is 12.6 Å². The molecule has 2 rings (SSSR count). The third kappa shape index (κ3) is 2.05. The van der Waals surface area contributed by atoms with Crippen molar-refractivity contribution >= 4 is 5.82 Å². The van der Waals surface area contributed by atoms with Gasteiger partial charge in [-0.25, -0.2) is 4.98 Å². The van der Waals surface area contributed by atoms with Crippen LogP contribution >= 0.6 is 0 Å². The first-order valence-corrected chi connectivity index (χ1v) is 6.19. The smallest absolute Gasteiger partial charge is 0.133 e. The fourth-order valence-electron chi connectivity index (χ4n) is 2.52. The molecule has 0 radical (unpaired) electrons. The van der Waals surface area contributed by atoms with Crippen LogP contribution in [-0.4, -0.2) is 17.6 Å². The lowest BCUT2D eigenvalue weighted by molar-refractivity contribution is 0.637. The zero-order valence-electron chi connectivity index (χ0n) is 10.2. The summed E-state index contributed by atoms with van der Waals surface area (Å²) in [4.78, 5) is 7.11. The van der Waals surface area contributed by atoms with Crippen LogP contribution in [0.4, 0.5) is 5.82 Å². The fourth-order valence-corrected chi connectivity index (χ4v) is 2.52. The van der Waals surface area contributed by atoms with E-state index < -0.39 is 0 Å². The highest BCUT2D eigenvalue weighted by Crippen LogP contribution is 2.28. The molecule has 16 heavy (non-hydrogen) atoms. The summed E-state index contributed by atoms with van der Waals surface area (Å²) in [6.45, 7) is 6.00. The molecule has 1 aromatic heterocycles. The van der Waals surface area contributed by atoms with E-state index in [1.807, 2.05) is 13.0 Å². The second kappa shape index (κ2) is 4.83. The Labute approximate surface area is 97.7 Å². The normalized spacial score (nSPS) is 20.4. The third-order valence-electron chi connectivity index (χ3n) is 3.44. The Morgan fingerprint density at radius 3 is 3.00 bits per heavy atom. The first-order valence-electron chi connectivity index (χ1n) is 6.19. The third-order valence-corrected chi connectivity index (χ3v) is 3.44. The van der Waals surface area contributed by atoms with Crippen LogP contribution in [0, 0.1) is 6.92 Å². The number of hydrogen-bond acceptors (Lipinski definition) is 3. The predicted octanol–water partition coefficient (Wildman–Crippen LogP) is 2.23. The highest BCUT2D eigenvalue weighted by Gasteiger charge is 2.25. The van der Waals surface area contributed by atoms with Crippen LogP contribution in [0.5, 0.6) is 0 Å². The Kier molecular flexibility index (Phi) is 3.44. The highest BCUT2D eigenvalue weighted by atomic mass is 15.2. The van der Waals surface area contributed by atoms with Crippen LogP contribution < -0.4 is 10.6 Å². The van der Waals surface area contributed by atoms with E-state index in [4.69, 9.17) is 5.73 Å². The van der Waals surface area contributed by atoms with Crippen LogP contribution in [0.1, 0.15) is 37.4 Å². The first kappa shape index (κ1) is 11.4. The maximum atomic E-state index is 5.79. The molecular weight excluding hydrogens is 198 g/mol. The number of anilines is 1. The van der Waals surface area contributed by atoms with Gasteiger partial charge in [0.05, 0.1) is 0 Å². The molecule has 0 bridgehead atoms. The molecule has 0 aromatic carbocycles. The Morgan fingerprint density at radius 1 is 1.50 bits per heavy atom. The van der Waals surface area contributed by atoms with Crippen LogP contribution in [0.15, 0.2) is 12.1 Å². The Morgan fingerprint density at radius 2 is 2.31 bits per heavy atom. The molecule has 1 aliphatic heterocycles. The fraction of sp³-hybridized carbons (Fsp3) is 0.615. The molecule has 1 aromatic rings. The van der Waals surface area contributed by atoms with Gasteiger partial charge < -0.3 is 10.6 Å². The Balaban J connectivity index is 2.34. The molecule has 0 spiro atoms. The molecule has 1 saturated heterocycles. The molecule has 3 heteroatoms.